The third kappa shape index (κ3) is 6.19. The van der Waals surface area contributed by atoms with Crippen LogP contribution in [0.25, 0.3) is 0 Å². The molecule has 2 aliphatic heterocycles. The number of nitrogens with one attached hydrogen (secondary N) is 2. The van der Waals surface area contributed by atoms with Crippen molar-refractivity contribution in [1.29, 1.82) is 0 Å². The second-order valence-electron chi connectivity index (χ2n) is 8.34. The van der Waals surface area contributed by atoms with E-state index in [0.717, 1.165) is 51.5 Å². The van der Waals surface area contributed by atoms with Crippen molar-refractivity contribution in [3.8, 4) is 0 Å². The normalized spacial score (nSPS) is 21.4. The van der Waals surface area contributed by atoms with Crippen molar-refractivity contribution >= 4 is 11.9 Å². The Hall–Kier alpha value is -2.12. The fraction of sp³-hybridized carbons (Fsp3) is 0.652. The summed E-state index contributed by atoms with van der Waals surface area (Å²) in [5, 5.41) is 16.0. The van der Waals surface area contributed by atoms with Gasteiger partial charge in [0.25, 0.3) is 0 Å². The van der Waals surface area contributed by atoms with Gasteiger partial charge in [-0.05, 0) is 43.7 Å². The van der Waals surface area contributed by atoms with Crippen LogP contribution < -0.4 is 10.6 Å². The lowest BCUT2D eigenvalue weighted by molar-refractivity contribution is -0.132. The summed E-state index contributed by atoms with van der Waals surface area (Å²) in [5.41, 5.74) is 2.57. The number of carbonyl (C=O) groups is 1. The van der Waals surface area contributed by atoms with Crippen molar-refractivity contribution in [2.45, 2.75) is 45.6 Å². The number of guanidine groups is 1. The van der Waals surface area contributed by atoms with E-state index in [0.29, 0.717) is 32.5 Å². The Labute approximate surface area is 179 Å². The van der Waals surface area contributed by atoms with Crippen molar-refractivity contribution in [2.75, 3.05) is 46.0 Å². The lowest BCUT2D eigenvalue weighted by Crippen LogP contribution is -2.40. The molecule has 1 atom stereocenters. The molecule has 1 fully saturated rings. The van der Waals surface area contributed by atoms with Gasteiger partial charge in [0, 0.05) is 51.2 Å². The summed E-state index contributed by atoms with van der Waals surface area (Å²) < 4.78 is 5.55. The zero-order valence-corrected chi connectivity index (χ0v) is 18.2. The number of aliphatic hydroxyl groups excluding tert-OH is 1. The molecule has 2 aliphatic rings. The molecule has 0 aromatic heterocycles. The number of aliphatic imine (C=N–C) groups is 1. The highest BCUT2D eigenvalue weighted by Crippen LogP contribution is 2.32. The lowest BCUT2D eigenvalue weighted by Gasteiger charge is -2.29. The first-order chi connectivity index (χ1) is 14.7. The molecule has 3 rings (SSSR count). The van der Waals surface area contributed by atoms with E-state index >= 15 is 0 Å². The highest BCUT2D eigenvalue weighted by atomic mass is 16.5. The van der Waals surface area contributed by atoms with Gasteiger partial charge in [0.2, 0.25) is 5.91 Å². The minimum atomic E-state index is -0.0579. The van der Waals surface area contributed by atoms with Crippen LogP contribution in [-0.2, 0) is 22.5 Å². The summed E-state index contributed by atoms with van der Waals surface area (Å²) in [6.07, 6.45) is 3.90. The van der Waals surface area contributed by atoms with Crippen LogP contribution in [0.2, 0.25) is 0 Å². The number of aliphatic hydroxyl groups is 1. The molecule has 1 unspecified atom stereocenters. The van der Waals surface area contributed by atoms with Crippen LogP contribution in [0.15, 0.2) is 29.3 Å². The number of carbonyl (C=O) groups excluding carboxylic acids is 1. The van der Waals surface area contributed by atoms with E-state index in [4.69, 9.17) is 9.73 Å². The molecule has 1 saturated heterocycles. The van der Waals surface area contributed by atoms with E-state index in [9.17, 15) is 9.90 Å². The first-order valence-electron chi connectivity index (χ1n) is 11.2. The van der Waals surface area contributed by atoms with E-state index in [1.165, 1.54) is 11.1 Å². The molecule has 7 nitrogen and oxygen atoms in total. The highest BCUT2D eigenvalue weighted by molar-refractivity contribution is 5.80. The van der Waals surface area contributed by atoms with Gasteiger partial charge in [-0.1, -0.05) is 24.3 Å². The van der Waals surface area contributed by atoms with E-state index in [1.54, 1.807) is 0 Å². The summed E-state index contributed by atoms with van der Waals surface area (Å²) in [7, 11) is 0. The molecule has 166 valence electrons. The van der Waals surface area contributed by atoms with Gasteiger partial charge in [0.05, 0.1) is 13.2 Å². The summed E-state index contributed by atoms with van der Waals surface area (Å²) in [6, 6.07) is 8.39. The summed E-state index contributed by atoms with van der Waals surface area (Å²) in [6.45, 7) is 7.24. The summed E-state index contributed by atoms with van der Waals surface area (Å²) >= 11 is 0. The number of nitrogens with zero attached hydrogens (tertiary/aromatic N) is 2. The van der Waals surface area contributed by atoms with Crippen LogP contribution >= 0.6 is 0 Å². The topological polar surface area (TPSA) is 86.2 Å². The second-order valence-corrected chi connectivity index (χ2v) is 8.34. The minimum Gasteiger partial charge on any atom is -0.396 e. The molecule has 0 saturated carbocycles. The maximum absolute atomic E-state index is 12.6. The Balaban J connectivity index is 1.42. The maximum atomic E-state index is 12.6. The summed E-state index contributed by atoms with van der Waals surface area (Å²) in [5.74, 6) is 0.985. The van der Waals surface area contributed by atoms with Gasteiger partial charge >= 0.3 is 0 Å². The van der Waals surface area contributed by atoms with Crippen LogP contribution in [0.1, 0.15) is 43.7 Å². The van der Waals surface area contributed by atoms with Crippen molar-refractivity contribution in [1.82, 2.24) is 15.5 Å². The Kier molecular flexibility index (Phi) is 8.51. The largest absolute Gasteiger partial charge is 0.396 e. The van der Waals surface area contributed by atoms with Gasteiger partial charge in [-0.3, -0.25) is 9.79 Å². The predicted octanol–water partition coefficient (Wildman–Crippen LogP) is 1.70. The van der Waals surface area contributed by atoms with Gasteiger partial charge in [-0.15, -0.1) is 0 Å². The number of benzene rings is 1. The van der Waals surface area contributed by atoms with Crippen LogP contribution in [0, 0.1) is 5.41 Å². The lowest BCUT2D eigenvalue weighted by atomic mass is 9.84. The van der Waals surface area contributed by atoms with Gasteiger partial charge in [-0.25, -0.2) is 0 Å². The molecule has 0 spiro atoms. The fourth-order valence-corrected chi connectivity index (χ4v) is 4.19. The molecule has 0 radical (unpaired) electrons. The zero-order valence-electron chi connectivity index (χ0n) is 18.2. The van der Waals surface area contributed by atoms with Crippen molar-refractivity contribution < 1.29 is 14.6 Å². The fourth-order valence-electron chi connectivity index (χ4n) is 4.19. The molecule has 30 heavy (non-hydrogen) atoms. The van der Waals surface area contributed by atoms with Crippen LogP contribution in [0.4, 0.5) is 0 Å². The first-order valence-corrected chi connectivity index (χ1v) is 11.2. The van der Waals surface area contributed by atoms with E-state index in [2.05, 4.69) is 28.8 Å². The molecule has 1 aromatic carbocycles. The third-order valence-corrected chi connectivity index (χ3v) is 6.09. The SMILES string of the molecule is CCNC(=NCC1(CCO)CCOC1)NCCCC(=O)N1CCc2ccccc2C1. The maximum Gasteiger partial charge on any atom is 0.222 e. The smallest absolute Gasteiger partial charge is 0.222 e. The molecule has 3 N–H and O–H groups in total. The quantitative estimate of drug-likeness (QED) is 0.324. The Morgan fingerprint density at radius 3 is 2.87 bits per heavy atom. The first kappa shape index (κ1) is 22.6. The minimum absolute atomic E-state index is 0.0579. The molecule has 1 amide bonds. The molecule has 0 aliphatic carbocycles. The molecule has 0 bridgehead atoms. The van der Waals surface area contributed by atoms with Gasteiger partial charge in [0.1, 0.15) is 0 Å². The van der Waals surface area contributed by atoms with E-state index in [1.807, 2.05) is 17.9 Å². The molecular formula is C23H36N4O3. The number of hydrogen-bond acceptors (Lipinski definition) is 4. The van der Waals surface area contributed by atoms with E-state index < -0.39 is 0 Å². The van der Waals surface area contributed by atoms with Gasteiger partial charge in [-0.2, -0.15) is 0 Å². The van der Waals surface area contributed by atoms with Gasteiger partial charge < -0.3 is 25.4 Å². The Morgan fingerprint density at radius 1 is 1.30 bits per heavy atom. The molecular weight excluding hydrogens is 380 g/mol. The molecule has 2 heterocycles. The van der Waals surface area contributed by atoms with Crippen molar-refractivity contribution in [3.05, 3.63) is 35.4 Å². The van der Waals surface area contributed by atoms with Crippen LogP contribution in [0.3, 0.4) is 0 Å². The number of amides is 1. The third-order valence-electron chi connectivity index (χ3n) is 6.09. The van der Waals surface area contributed by atoms with Crippen LogP contribution in [-0.4, -0.2) is 67.9 Å². The zero-order chi connectivity index (χ0) is 21.2. The number of hydrogen-bond donors (Lipinski definition) is 3. The number of fused-ring (bicyclic) bond motifs is 1. The monoisotopic (exact) mass is 416 g/mol. The number of rotatable bonds is 9. The molecule has 1 aromatic rings. The standard InChI is InChI=1S/C23H36N4O3/c1-2-24-22(26-17-23(10-14-28)11-15-30-18-23)25-12-5-8-21(29)27-13-9-19-6-3-4-7-20(19)16-27/h3-4,6-7,28H,2,5,8-18H2,1H3,(H2,24,25,26). The van der Waals surface area contributed by atoms with Crippen LogP contribution in [0.5, 0.6) is 0 Å². The highest BCUT2D eigenvalue weighted by Gasteiger charge is 2.34. The Bertz CT molecular complexity index is 716. The van der Waals surface area contributed by atoms with Crippen molar-refractivity contribution in [2.24, 2.45) is 10.4 Å². The molecule has 7 heteroatoms. The second kappa shape index (κ2) is 11.3. The summed E-state index contributed by atoms with van der Waals surface area (Å²) in [4.78, 5) is 19.3. The Morgan fingerprint density at radius 2 is 2.13 bits per heavy atom. The predicted molar refractivity (Wildman–Crippen MR) is 118 cm³/mol. The average molecular weight is 417 g/mol. The van der Waals surface area contributed by atoms with Crippen molar-refractivity contribution in [3.63, 3.8) is 0 Å². The number of ether oxygens (including phenoxy) is 1. The average Bonchev–Trinajstić information content (AvgIpc) is 3.23. The van der Waals surface area contributed by atoms with E-state index in [-0.39, 0.29) is 17.9 Å². The van der Waals surface area contributed by atoms with Gasteiger partial charge in [0.15, 0.2) is 5.96 Å².